The molecule has 25 heavy (non-hydrogen) atoms. The first-order chi connectivity index (χ1) is 11.8. The maximum Gasteiger partial charge on any atom is 0.416 e. The molecule has 9 heteroatoms. The number of nitrogens with zero attached hydrogens (tertiary/aromatic N) is 2. The summed E-state index contributed by atoms with van der Waals surface area (Å²) in [4.78, 5) is 22.0. The summed E-state index contributed by atoms with van der Waals surface area (Å²) in [5, 5.41) is 9.79. The summed E-state index contributed by atoms with van der Waals surface area (Å²) in [5.41, 5.74) is -1.54. The average Bonchev–Trinajstić information content (AvgIpc) is 2.59. The van der Waals surface area contributed by atoms with Crippen LogP contribution in [0.15, 0.2) is 53.5 Å². The van der Waals surface area contributed by atoms with Crippen LogP contribution >= 0.6 is 0 Å². The predicted molar refractivity (Wildman–Crippen MR) is 81.3 cm³/mol. The van der Waals surface area contributed by atoms with Crippen molar-refractivity contribution in [2.75, 3.05) is 0 Å². The number of rotatable bonds is 3. The largest absolute Gasteiger partial charge is 0.499 e. The number of hydrogen-bond donors (Lipinski definition) is 2. The topological polar surface area (TPSA) is 88.1 Å². The van der Waals surface area contributed by atoms with Crippen molar-refractivity contribution in [3.63, 3.8) is 0 Å². The molecule has 0 radical (unpaired) electrons. The molecule has 0 saturated carbocycles. The fourth-order valence-electron chi connectivity index (χ4n) is 1.99. The zero-order chi connectivity index (χ0) is 18.0. The number of aromatic hydroxyl groups is 1. The van der Waals surface area contributed by atoms with E-state index in [1.54, 1.807) is 18.2 Å². The van der Waals surface area contributed by atoms with Gasteiger partial charge in [0, 0.05) is 6.20 Å². The number of hydrogen-bond acceptors (Lipinski definition) is 5. The zero-order valence-corrected chi connectivity index (χ0v) is 12.4. The maximum atomic E-state index is 12.8. The van der Waals surface area contributed by atoms with E-state index in [1.165, 1.54) is 12.3 Å². The Hall–Kier alpha value is -3.36. The van der Waals surface area contributed by atoms with E-state index in [2.05, 4.69) is 15.0 Å². The van der Waals surface area contributed by atoms with Gasteiger partial charge in [-0.3, -0.25) is 9.78 Å². The van der Waals surface area contributed by atoms with Gasteiger partial charge in [0.2, 0.25) is 5.75 Å². The van der Waals surface area contributed by atoms with E-state index < -0.39 is 28.9 Å². The van der Waals surface area contributed by atoms with Crippen molar-refractivity contribution in [1.29, 1.82) is 0 Å². The first-order valence-electron chi connectivity index (χ1n) is 6.94. The van der Waals surface area contributed by atoms with Crippen molar-refractivity contribution in [3.8, 4) is 28.9 Å². The normalized spacial score (nSPS) is 11.3. The predicted octanol–water partition coefficient (Wildman–Crippen LogP) is 3.35. The molecule has 128 valence electrons. The second-order valence-electron chi connectivity index (χ2n) is 4.91. The summed E-state index contributed by atoms with van der Waals surface area (Å²) in [6, 6.07) is 8.87. The molecule has 0 amide bonds. The third-order valence-electron chi connectivity index (χ3n) is 3.15. The lowest BCUT2D eigenvalue weighted by atomic mass is 10.2. The standard InChI is InChI=1S/C16H10F3N3O3/c17-16(18,19)9-4-3-5-10(8-9)25-15-12(23)14(24)21-13(22-15)11-6-1-2-7-20-11/h1-8,23H,(H,21,22,24). The van der Waals surface area contributed by atoms with Crippen LogP contribution in [0.1, 0.15) is 5.56 Å². The number of halogens is 3. The molecule has 6 nitrogen and oxygen atoms in total. The van der Waals surface area contributed by atoms with Gasteiger partial charge in [0.1, 0.15) is 11.4 Å². The highest BCUT2D eigenvalue weighted by Crippen LogP contribution is 2.33. The minimum absolute atomic E-state index is 0.00498. The van der Waals surface area contributed by atoms with Crippen LogP contribution in [0, 0.1) is 0 Å². The lowest BCUT2D eigenvalue weighted by molar-refractivity contribution is -0.137. The molecule has 0 fully saturated rings. The first-order valence-corrected chi connectivity index (χ1v) is 6.94. The first kappa shape index (κ1) is 16.5. The summed E-state index contributed by atoms with van der Waals surface area (Å²) in [6.45, 7) is 0. The Balaban J connectivity index is 2.01. The fraction of sp³-hybridized carbons (Fsp3) is 0.0625. The van der Waals surface area contributed by atoms with E-state index in [0.717, 1.165) is 18.2 Å². The number of alkyl halides is 3. The van der Waals surface area contributed by atoms with Gasteiger partial charge in [0.15, 0.2) is 5.82 Å². The molecular weight excluding hydrogens is 339 g/mol. The summed E-state index contributed by atoms with van der Waals surface area (Å²) >= 11 is 0. The maximum absolute atomic E-state index is 12.8. The second kappa shape index (κ2) is 6.27. The Bertz CT molecular complexity index is 956. The van der Waals surface area contributed by atoms with Gasteiger partial charge in [-0.05, 0) is 30.3 Å². The van der Waals surface area contributed by atoms with Crippen LogP contribution in [0.5, 0.6) is 17.4 Å². The molecule has 2 heterocycles. The van der Waals surface area contributed by atoms with Crippen molar-refractivity contribution >= 4 is 0 Å². The summed E-state index contributed by atoms with van der Waals surface area (Å²) in [7, 11) is 0. The fourth-order valence-corrected chi connectivity index (χ4v) is 1.99. The van der Waals surface area contributed by atoms with Gasteiger partial charge in [-0.25, -0.2) is 0 Å². The molecule has 0 unspecified atom stereocenters. The molecule has 3 aromatic rings. The third-order valence-corrected chi connectivity index (χ3v) is 3.15. The minimum Gasteiger partial charge on any atom is -0.499 e. The van der Waals surface area contributed by atoms with E-state index in [4.69, 9.17) is 4.74 Å². The second-order valence-corrected chi connectivity index (χ2v) is 4.91. The molecular formula is C16H10F3N3O3. The SMILES string of the molecule is O=c1[nH]c(-c2ccccn2)nc(Oc2cccc(C(F)(F)F)c2)c1O. The Morgan fingerprint density at radius 1 is 1.12 bits per heavy atom. The summed E-state index contributed by atoms with van der Waals surface area (Å²) in [5.74, 6) is -1.60. The van der Waals surface area contributed by atoms with E-state index in [9.17, 15) is 23.1 Å². The minimum atomic E-state index is -4.55. The molecule has 0 spiro atoms. The van der Waals surface area contributed by atoms with E-state index >= 15 is 0 Å². The molecule has 1 aromatic carbocycles. The molecule has 3 rings (SSSR count). The number of benzene rings is 1. The third kappa shape index (κ3) is 3.60. The molecule has 0 aliphatic heterocycles. The molecule has 0 aliphatic carbocycles. The van der Waals surface area contributed by atoms with Crippen LogP contribution in [0.25, 0.3) is 11.5 Å². The van der Waals surface area contributed by atoms with Crippen LogP contribution in [0.4, 0.5) is 13.2 Å². The van der Waals surface area contributed by atoms with Gasteiger partial charge in [0.25, 0.3) is 11.4 Å². The van der Waals surface area contributed by atoms with Crippen LogP contribution in [-0.4, -0.2) is 20.1 Å². The van der Waals surface area contributed by atoms with Gasteiger partial charge >= 0.3 is 6.18 Å². The number of aromatic amines is 1. The highest BCUT2D eigenvalue weighted by Gasteiger charge is 2.30. The smallest absolute Gasteiger partial charge is 0.416 e. The molecule has 0 aliphatic rings. The Morgan fingerprint density at radius 2 is 1.92 bits per heavy atom. The van der Waals surface area contributed by atoms with E-state index in [0.29, 0.717) is 5.69 Å². The van der Waals surface area contributed by atoms with Crippen LogP contribution < -0.4 is 10.3 Å². The quantitative estimate of drug-likeness (QED) is 0.757. The number of pyridine rings is 1. The van der Waals surface area contributed by atoms with Gasteiger partial charge < -0.3 is 14.8 Å². The molecule has 2 aromatic heterocycles. The van der Waals surface area contributed by atoms with Gasteiger partial charge in [-0.15, -0.1) is 0 Å². The average molecular weight is 349 g/mol. The van der Waals surface area contributed by atoms with Gasteiger partial charge in [-0.1, -0.05) is 12.1 Å². The highest BCUT2D eigenvalue weighted by molar-refractivity contribution is 5.51. The van der Waals surface area contributed by atoms with Crippen LogP contribution in [0.3, 0.4) is 0 Å². The van der Waals surface area contributed by atoms with Crippen LogP contribution in [0.2, 0.25) is 0 Å². The molecule has 2 N–H and O–H groups in total. The Kier molecular flexibility index (Phi) is 4.14. The molecule has 0 saturated heterocycles. The monoisotopic (exact) mass is 349 g/mol. The lowest BCUT2D eigenvalue weighted by Gasteiger charge is -2.10. The van der Waals surface area contributed by atoms with Crippen molar-refractivity contribution in [2.24, 2.45) is 0 Å². The van der Waals surface area contributed by atoms with E-state index in [1.807, 2.05) is 0 Å². The van der Waals surface area contributed by atoms with Crippen molar-refractivity contribution in [3.05, 3.63) is 64.6 Å². The summed E-state index contributed by atoms with van der Waals surface area (Å²) < 4.78 is 43.4. The number of nitrogens with one attached hydrogen (secondary N) is 1. The van der Waals surface area contributed by atoms with E-state index in [-0.39, 0.29) is 11.6 Å². The van der Waals surface area contributed by atoms with Gasteiger partial charge in [-0.2, -0.15) is 18.2 Å². The van der Waals surface area contributed by atoms with Crippen LogP contribution in [-0.2, 0) is 6.18 Å². The lowest BCUT2D eigenvalue weighted by Crippen LogP contribution is -2.10. The number of aromatic nitrogens is 3. The Morgan fingerprint density at radius 3 is 2.60 bits per heavy atom. The molecule has 0 bridgehead atoms. The molecule has 0 atom stereocenters. The number of H-pyrrole nitrogens is 1. The van der Waals surface area contributed by atoms with Gasteiger partial charge in [0.05, 0.1) is 5.56 Å². The van der Waals surface area contributed by atoms with Crippen molar-refractivity contribution in [1.82, 2.24) is 15.0 Å². The number of ether oxygens (including phenoxy) is 1. The Labute approximate surface area is 138 Å². The zero-order valence-electron chi connectivity index (χ0n) is 12.4. The van der Waals surface area contributed by atoms with Crippen molar-refractivity contribution in [2.45, 2.75) is 6.18 Å². The highest BCUT2D eigenvalue weighted by atomic mass is 19.4. The summed E-state index contributed by atoms with van der Waals surface area (Å²) in [6.07, 6.45) is -3.09. The van der Waals surface area contributed by atoms with Crippen molar-refractivity contribution < 1.29 is 23.0 Å².